The van der Waals surface area contributed by atoms with Crippen molar-refractivity contribution in [1.29, 1.82) is 0 Å². The van der Waals surface area contributed by atoms with Crippen molar-refractivity contribution in [2.75, 3.05) is 5.32 Å². The van der Waals surface area contributed by atoms with Gasteiger partial charge in [-0.15, -0.1) is 0 Å². The summed E-state index contributed by atoms with van der Waals surface area (Å²) in [7, 11) is 0. The Balaban J connectivity index is 1.74. The predicted molar refractivity (Wildman–Crippen MR) is 91.6 cm³/mol. The summed E-state index contributed by atoms with van der Waals surface area (Å²) in [6.45, 7) is 0.382. The summed E-state index contributed by atoms with van der Waals surface area (Å²) >= 11 is 0. The van der Waals surface area contributed by atoms with E-state index < -0.39 is 11.7 Å². The first-order chi connectivity index (χ1) is 11.7. The topological polar surface area (TPSA) is 38.3 Å². The van der Waals surface area contributed by atoms with Crippen molar-refractivity contribution in [1.82, 2.24) is 0 Å². The summed E-state index contributed by atoms with van der Waals surface area (Å²) in [5.74, 6) is -0.535. The minimum atomic E-state index is -0.558. The van der Waals surface area contributed by atoms with Gasteiger partial charge in [-0.05, 0) is 29.8 Å². The smallest absolute Gasteiger partial charge is 0.258 e. The fraction of sp³-hybridized carbons (Fsp3) is 0.0500. The van der Waals surface area contributed by atoms with Crippen LogP contribution in [0.15, 0.2) is 78.9 Å². The summed E-state index contributed by atoms with van der Waals surface area (Å²) in [6, 6.07) is 22.7. The van der Waals surface area contributed by atoms with Crippen LogP contribution in [0.2, 0.25) is 0 Å². The van der Waals surface area contributed by atoms with E-state index >= 15 is 0 Å². The maximum atomic E-state index is 13.7. The molecule has 3 rings (SSSR count). The van der Waals surface area contributed by atoms with Crippen LogP contribution in [0.4, 0.5) is 10.1 Å². The third-order valence-corrected chi connectivity index (χ3v) is 3.49. The molecule has 4 heteroatoms. The number of carbonyl (C=O) groups excluding carboxylic acids is 1. The number of anilines is 1. The van der Waals surface area contributed by atoms with Crippen LogP contribution in [-0.4, -0.2) is 5.91 Å². The average Bonchev–Trinajstić information content (AvgIpc) is 2.62. The minimum Gasteiger partial charge on any atom is -0.487 e. The van der Waals surface area contributed by atoms with Gasteiger partial charge in [-0.25, -0.2) is 4.39 Å². The lowest BCUT2D eigenvalue weighted by molar-refractivity contribution is 0.102. The van der Waals surface area contributed by atoms with Gasteiger partial charge in [-0.1, -0.05) is 54.6 Å². The van der Waals surface area contributed by atoms with E-state index in [-0.39, 0.29) is 5.56 Å². The number of hydrogen-bond donors (Lipinski definition) is 1. The monoisotopic (exact) mass is 321 g/mol. The molecule has 3 aromatic rings. The molecule has 0 bridgehead atoms. The fourth-order valence-electron chi connectivity index (χ4n) is 2.27. The molecule has 0 radical (unpaired) electrons. The van der Waals surface area contributed by atoms with Crippen LogP contribution < -0.4 is 10.1 Å². The molecule has 0 aliphatic rings. The Bertz CT molecular complexity index is 834. The van der Waals surface area contributed by atoms with Crippen molar-refractivity contribution in [2.45, 2.75) is 6.61 Å². The van der Waals surface area contributed by atoms with Gasteiger partial charge in [0.25, 0.3) is 5.91 Å². The molecule has 0 fully saturated rings. The number of nitrogens with one attached hydrogen (secondary N) is 1. The third-order valence-electron chi connectivity index (χ3n) is 3.49. The standard InChI is InChI=1S/C20H16FNO2/c21-17-11-5-4-10-16(17)20(23)22-18-12-6-7-13-19(18)24-14-15-8-2-1-3-9-15/h1-13H,14H2,(H,22,23). The molecule has 1 amide bonds. The van der Waals surface area contributed by atoms with Crippen molar-refractivity contribution in [3.63, 3.8) is 0 Å². The van der Waals surface area contributed by atoms with E-state index in [0.29, 0.717) is 18.0 Å². The van der Waals surface area contributed by atoms with Gasteiger partial charge < -0.3 is 10.1 Å². The highest BCUT2D eigenvalue weighted by molar-refractivity contribution is 6.05. The van der Waals surface area contributed by atoms with Crippen molar-refractivity contribution < 1.29 is 13.9 Å². The number of ether oxygens (including phenoxy) is 1. The molecule has 0 saturated carbocycles. The lowest BCUT2D eigenvalue weighted by Crippen LogP contribution is -2.14. The summed E-state index contributed by atoms with van der Waals surface area (Å²) in [5, 5.41) is 2.70. The maximum Gasteiger partial charge on any atom is 0.258 e. The summed E-state index contributed by atoms with van der Waals surface area (Å²) < 4.78 is 19.5. The Kier molecular flexibility index (Phi) is 4.87. The highest BCUT2D eigenvalue weighted by atomic mass is 19.1. The normalized spacial score (nSPS) is 10.2. The molecular weight excluding hydrogens is 305 g/mol. The minimum absolute atomic E-state index is 0.00429. The number of halogens is 1. The Morgan fingerprint density at radius 1 is 0.875 bits per heavy atom. The van der Waals surface area contributed by atoms with E-state index in [0.717, 1.165) is 5.56 Å². The molecular formula is C20H16FNO2. The van der Waals surface area contributed by atoms with E-state index in [1.807, 2.05) is 36.4 Å². The van der Waals surface area contributed by atoms with Gasteiger partial charge in [-0.2, -0.15) is 0 Å². The van der Waals surface area contributed by atoms with Crippen LogP contribution in [-0.2, 0) is 6.61 Å². The van der Waals surface area contributed by atoms with Crippen LogP contribution in [0.3, 0.4) is 0 Å². The first-order valence-electron chi connectivity index (χ1n) is 7.55. The molecule has 3 aromatic carbocycles. The van der Waals surface area contributed by atoms with Gasteiger partial charge in [0.05, 0.1) is 11.3 Å². The first-order valence-corrected chi connectivity index (χ1v) is 7.55. The molecule has 0 aliphatic heterocycles. The Hall–Kier alpha value is -3.14. The summed E-state index contributed by atoms with van der Waals surface area (Å²) in [6.07, 6.45) is 0. The second-order valence-electron chi connectivity index (χ2n) is 5.20. The average molecular weight is 321 g/mol. The van der Waals surface area contributed by atoms with Crippen LogP contribution in [0, 0.1) is 5.82 Å². The van der Waals surface area contributed by atoms with Gasteiger partial charge in [0.15, 0.2) is 0 Å². The number of amides is 1. The summed E-state index contributed by atoms with van der Waals surface area (Å²) in [4.78, 5) is 12.3. The van der Waals surface area contributed by atoms with E-state index in [4.69, 9.17) is 4.74 Å². The molecule has 0 aromatic heterocycles. The van der Waals surface area contributed by atoms with Crippen LogP contribution in [0.1, 0.15) is 15.9 Å². The Labute approximate surface area is 139 Å². The van der Waals surface area contributed by atoms with Crippen LogP contribution in [0.25, 0.3) is 0 Å². The molecule has 0 saturated heterocycles. The van der Waals surface area contributed by atoms with Crippen molar-refractivity contribution >= 4 is 11.6 Å². The lowest BCUT2D eigenvalue weighted by Gasteiger charge is -2.13. The summed E-state index contributed by atoms with van der Waals surface area (Å²) in [5.41, 5.74) is 1.52. The van der Waals surface area contributed by atoms with Crippen molar-refractivity contribution in [3.05, 3.63) is 95.8 Å². The fourth-order valence-corrected chi connectivity index (χ4v) is 2.27. The molecule has 0 spiro atoms. The molecule has 24 heavy (non-hydrogen) atoms. The second kappa shape index (κ2) is 7.42. The molecule has 120 valence electrons. The van der Waals surface area contributed by atoms with Gasteiger partial charge in [-0.3, -0.25) is 4.79 Å². The van der Waals surface area contributed by atoms with E-state index in [9.17, 15) is 9.18 Å². The lowest BCUT2D eigenvalue weighted by atomic mass is 10.2. The highest BCUT2D eigenvalue weighted by Crippen LogP contribution is 2.25. The van der Waals surface area contributed by atoms with E-state index in [2.05, 4.69) is 5.32 Å². The van der Waals surface area contributed by atoms with Crippen LogP contribution in [0.5, 0.6) is 5.75 Å². The number of para-hydroxylation sites is 2. The zero-order valence-electron chi connectivity index (χ0n) is 12.9. The van der Waals surface area contributed by atoms with E-state index in [1.54, 1.807) is 30.3 Å². The van der Waals surface area contributed by atoms with Gasteiger partial charge in [0, 0.05) is 0 Å². The largest absolute Gasteiger partial charge is 0.487 e. The van der Waals surface area contributed by atoms with Crippen LogP contribution >= 0.6 is 0 Å². The number of rotatable bonds is 5. The van der Waals surface area contributed by atoms with Gasteiger partial charge in [0.2, 0.25) is 0 Å². The van der Waals surface area contributed by atoms with Gasteiger partial charge in [0.1, 0.15) is 18.2 Å². The molecule has 0 heterocycles. The Morgan fingerprint density at radius 3 is 2.33 bits per heavy atom. The SMILES string of the molecule is O=C(Nc1ccccc1OCc1ccccc1)c1ccccc1F. The van der Waals surface area contributed by atoms with Gasteiger partial charge >= 0.3 is 0 Å². The maximum absolute atomic E-state index is 13.7. The zero-order valence-corrected chi connectivity index (χ0v) is 12.9. The molecule has 0 aliphatic carbocycles. The van der Waals surface area contributed by atoms with Crippen molar-refractivity contribution in [2.24, 2.45) is 0 Å². The molecule has 0 atom stereocenters. The number of hydrogen-bond acceptors (Lipinski definition) is 2. The number of carbonyl (C=O) groups is 1. The predicted octanol–water partition coefficient (Wildman–Crippen LogP) is 4.66. The second-order valence-corrected chi connectivity index (χ2v) is 5.20. The first kappa shape index (κ1) is 15.7. The zero-order chi connectivity index (χ0) is 16.8. The molecule has 1 N–H and O–H groups in total. The highest BCUT2D eigenvalue weighted by Gasteiger charge is 2.13. The third kappa shape index (κ3) is 3.79. The molecule has 0 unspecified atom stereocenters. The number of benzene rings is 3. The quantitative estimate of drug-likeness (QED) is 0.742. The molecule has 3 nitrogen and oxygen atoms in total. The van der Waals surface area contributed by atoms with E-state index in [1.165, 1.54) is 12.1 Å². The van der Waals surface area contributed by atoms with Crippen molar-refractivity contribution in [3.8, 4) is 5.75 Å². The Morgan fingerprint density at radius 2 is 1.54 bits per heavy atom.